The average Bonchev–Trinajstić information content (AvgIpc) is 2.84. The number of hydrogen-bond donors (Lipinski definition) is 1. The Morgan fingerprint density at radius 2 is 2.20 bits per heavy atom. The Hall–Kier alpha value is -2.27. The van der Waals surface area contributed by atoms with Crippen LogP contribution in [-0.2, 0) is 13.0 Å². The second-order valence-corrected chi connectivity index (χ2v) is 4.80. The summed E-state index contributed by atoms with van der Waals surface area (Å²) in [6.45, 7) is 3.65. The van der Waals surface area contributed by atoms with E-state index in [0.717, 1.165) is 42.1 Å². The fourth-order valence-electron chi connectivity index (χ4n) is 2.12. The van der Waals surface area contributed by atoms with Gasteiger partial charge in [0, 0.05) is 55.4 Å². The lowest BCUT2D eigenvalue weighted by Crippen LogP contribution is -2.17. The van der Waals surface area contributed by atoms with E-state index in [9.17, 15) is 0 Å². The first-order valence-corrected chi connectivity index (χ1v) is 6.73. The second kappa shape index (κ2) is 5.79. The lowest BCUT2D eigenvalue weighted by atomic mass is 10.2. The number of hydrogen-bond acceptors (Lipinski definition) is 4. The van der Waals surface area contributed by atoms with Gasteiger partial charge < -0.3 is 5.32 Å². The van der Waals surface area contributed by atoms with Gasteiger partial charge in [0.2, 0.25) is 0 Å². The van der Waals surface area contributed by atoms with Gasteiger partial charge in [-0.25, -0.2) is 9.50 Å². The van der Waals surface area contributed by atoms with Crippen LogP contribution in [-0.4, -0.2) is 26.1 Å². The van der Waals surface area contributed by atoms with Crippen LogP contribution < -0.4 is 5.32 Å². The van der Waals surface area contributed by atoms with Crippen molar-refractivity contribution in [3.63, 3.8) is 0 Å². The Balaban J connectivity index is 1.54. The molecule has 20 heavy (non-hydrogen) atoms. The van der Waals surface area contributed by atoms with Crippen molar-refractivity contribution in [3.05, 3.63) is 59.8 Å². The molecule has 102 valence electrons. The number of pyridine rings is 1. The topological polar surface area (TPSA) is 55.1 Å². The highest BCUT2D eigenvalue weighted by atomic mass is 15.2. The lowest BCUT2D eigenvalue weighted by molar-refractivity contribution is 0.674. The predicted molar refractivity (Wildman–Crippen MR) is 77.4 cm³/mol. The van der Waals surface area contributed by atoms with E-state index in [1.54, 1.807) is 0 Å². The molecule has 5 nitrogen and oxygen atoms in total. The molecule has 1 N–H and O–H groups in total. The van der Waals surface area contributed by atoms with E-state index < -0.39 is 0 Å². The molecule has 0 saturated heterocycles. The van der Waals surface area contributed by atoms with Crippen LogP contribution in [0.5, 0.6) is 0 Å². The Kier molecular flexibility index (Phi) is 3.69. The fraction of sp³-hybridized carbons (Fsp3) is 0.267. The summed E-state index contributed by atoms with van der Waals surface area (Å²) in [6.07, 6.45) is 6.66. The SMILES string of the molecule is Cc1cc2ncc(CNCCc3ccccn3)cn2n1. The van der Waals surface area contributed by atoms with Crippen molar-refractivity contribution in [2.45, 2.75) is 19.9 Å². The van der Waals surface area contributed by atoms with E-state index in [1.807, 2.05) is 54.3 Å². The number of nitrogens with one attached hydrogen (secondary N) is 1. The lowest BCUT2D eigenvalue weighted by Gasteiger charge is -2.04. The summed E-state index contributed by atoms with van der Waals surface area (Å²) in [5.74, 6) is 0. The molecule has 0 amide bonds. The first-order valence-electron chi connectivity index (χ1n) is 6.73. The maximum Gasteiger partial charge on any atom is 0.155 e. The summed E-state index contributed by atoms with van der Waals surface area (Å²) in [5, 5.41) is 7.77. The average molecular weight is 267 g/mol. The zero-order chi connectivity index (χ0) is 13.8. The van der Waals surface area contributed by atoms with E-state index in [0.29, 0.717) is 0 Å². The highest BCUT2D eigenvalue weighted by Crippen LogP contribution is 2.04. The van der Waals surface area contributed by atoms with Crippen LogP contribution in [0.4, 0.5) is 0 Å². The van der Waals surface area contributed by atoms with Gasteiger partial charge in [-0.15, -0.1) is 0 Å². The molecule has 0 spiro atoms. The summed E-state index contributed by atoms with van der Waals surface area (Å²) in [5.41, 5.74) is 4.11. The standard InChI is InChI=1S/C15H17N5/c1-12-8-15-18-10-13(11-20(15)19-12)9-16-7-5-14-4-2-3-6-17-14/h2-4,6,8,10-11,16H,5,7,9H2,1H3. The maximum absolute atomic E-state index is 4.39. The molecular formula is C15H17N5. The van der Waals surface area contributed by atoms with Crippen molar-refractivity contribution in [3.8, 4) is 0 Å². The molecule has 0 unspecified atom stereocenters. The van der Waals surface area contributed by atoms with Gasteiger partial charge >= 0.3 is 0 Å². The number of rotatable bonds is 5. The largest absolute Gasteiger partial charge is 0.312 e. The van der Waals surface area contributed by atoms with Gasteiger partial charge in [-0.1, -0.05) is 6.07 Å². The Morgan fingerprint density at radius 1 is 1.25 bits per heavy atom. The molecule has 0 atom stereocenters. The van der Waals surface area contributed by atoms with Gasteiger partial charge in [0.1, 0.15) is 0 Å². The zero-order valence-corrected chi connectivity index (χ0v) is 11.5. The smallest absolute Gasteiger partial charge is 0.155 e. The zero-order valence-electron chi connectivity index (χ0n) is 11.5. The molecule has 0 radical (unpaired) electrons. The third kappa shape index (κ3) is 3.00. The Bertz CT molecular complexity index is 690. The van der Waals surface area contributed by atoms with E-state index in [2.05, 4.69) is 20.4 Å². The van der Waals surface area contributed by atoms with Crippen molar-refractivity contribution in [2.24, 2.45) is 0 Å². The van der Waals surface area contributed by atoms with Crippen LogP contribution >= 0.6 is 0 Å². The Morgan fingerprint density at radius 3 is 3.05 bits per heavy atom. The molecule has 0 saturated carbocycles. The highest BCUT2D eigenvalue weighted by molar-refractivity contribution is 5.38. The minimum absolute atomic E-state index is 0.786. The van der Waals surface area contributed by atoms with Crippen molar-refractivity contribution in [1.82, 2.24) is 24.9 Å². The van der Waals surface area contributed by atoms with Gasteiger partial charge in [0.15, 0.2) is 5.65 Å². The van der Waals surface area contributed by atoms with Crippen LogP contribution in [0.3, 0.4) is 0 Å². The molecule has 0 bridgehead atoms. The molecule has 3 heterocycles. The van der Waals surface area contributed by atoms with E-state index in [-0.39, 0.29) is 0 Å². The third-order valence-corrected chi connectivity index (χ3v) is 3.10. The molecule has 0 aliphatic rings. The van der Waals surface area contributed by atoms with E-state index in [1.165, 1.54) is 0 Å². The van der Waals surface area contributed by atoms with Crippen LogP contribution in [0, 0.1) is 6.92 Å². The molecule has 0 fully saturated rings. The Labute approximate surface area is 117 Å². The molecule has 0 aromatic carbocycles. The molecule has 0 aliphatic carbocycles. The van der Waals surface area contributed by atoms with Gasteiger partial charge in [0.25, 0.3) is 0 Å². The number of aryl methyl sites for hydroxylation is 1. The number of aromatic nitrogens is 4. The minimum Gasteiger partial charge on any atom is -0.312 e. The normalized spacial score (nSPS) is 11.1. The van der Waals surface area contributed by atoms with Gasteiger partial charge in [-0.3, -0.25) is 4.98 Å². The molecule has 3 rings (SSSR count). The van der Waals surface area contributed by atoms with Gasteiger partial charge in [-0.05, 0) is 19.1 Å². The van der Waals surface area contributed by atoms with Crippen molar-refractivity contribution < 1.29 is 0 Å². The fourth-order valence-corrected chi connectivity index (χ4v) is 2.12. The summed E-state index contributed by atoms with van der Waals surface area (Å²) in [7, 11) is 0. The summed E-state index contributed by atoms with van der Waals surface area (Å²) in [4.78, 5) is 8.69. The van der Waals surface area contributed by atoms with E-state index in [4.69, 9.17) is 0 Å². The molecule has 5 heteroatoms. The number of nitrogens with zero attached hydrogens (tertiary/aromatic N) is 4. The summed E-state index contributed by atoms with van der Waals surface area (Å²) >= 11 is 0. The molecule has 3 aromatic heterocycles. The summed E-state index contributed by atoms with van der Waals surface area (Å²) < 4.78 is 1.82. The first kappa shape index (κ1) is 12.7. The number of fused-ring (bicyclic) bond motifs is 1. The van der Waals surface area contributed by atoms with Crippen LogP contribution in [0.15, 0.2) is 42.9 Å². The van der Waals surface area contributed by atoms with Crippen LogP contribution in [0.25, 0.3) is 5.65 Å². The predicted octanol–water partition coefficient (Wildman–Crippen LogP) is 1.77. The van der Waals surface area contributed by atoms with Crippen molar-refractivity contribution >= 4 is 5.65 Å². The quantitative estimate of drug-likeness (QED) is 0.716. The summed E-state index contributed by atoms with van der Waals surface area (Å²) in [6, 6.07) is 7.96. The first-order chi connectivity index (χ1) is 9.81. The van der Waals surface area contributed by atoms with Gasteiger partial charge in [0.05, 0.1) is 5.69 Å². The third-order valence-electron chi connectivity index (χ3n) is 3.10. The molecule has 3 aromatic rings. The van der Waals surface area contributed by atoms with Crippen molar-refractivity contribution in [1.29, 1.82) is 0 Å². The highest BCUT2D eigenvalue weighted by Gasteiger charge is 2.00. The second-order valence-electron chi connectivity index (χ2n) is 4.80. The monoisotopic (exact) mass is 267 g/mol. The van der Waals surface area contributed by atoms with E-state index >= 15 is 0 Å². The van der Waals surface area contributed by atoms with Gasteiger partial charge in [-0.2, -0.15) is 5.10 Å². The minimum atomic E-state index is 0.786. The van der Waals surface area contributed by atoms with Crippen LogP contribution in [0.2, 0.25) is 0 Å². The molecular weight excluding hydrogens is 250 g/mol. The molecule has 0 aliphatic heterocycles. The van der Waals surface area contributed by atoms with Crippen LogP contribution in [0.1, 0.15) is 17.0 Å². The van der Waals surface area contributed by atoms with Crippen molar-refractivity contribution in [2.75, 3.05) is 6.54 Å². The maximum atomic E-state index is 4.39.